The van der Waals surface area contributed by atoms with E-state index in [2.05, 4.69) is 12.1 Å². The molecule has 0 spiro atoms. The van der Waals surface area contributed by atoms with Gasteiger partial charge in [-0.25, -0.2) is 0 Å². The monoisotopic (exact) mass is 388 g/mol. The van der Waals surface area contributed by atoms with Crippen LogP contribution in [-0.4, -0.2) is 29.9 Å². The minimum Gasteiger partial charge on any atom is -0.484 e. The molecule has 29 heavy (non-hydrogen) atoms. The van der Waals surface area contributed by atoms with Gasteiger partial charge in [0.25, 0.3) is 11.8 Å². The molecule has 0 unspecified atom stereocenters. The van der Waals surface area contributed by atoms with Crippen molar-refractivity contribution < 1.29 is 14.3 Å². The van der Waals surface area contributed by atoms with E-state index in [9.17, 15) is 9.59 Å². The van der Waals surface area contributed by atoms with E-state index in [1.54, 1.807) is 24.3 Å². The third kappa shape index (κ3) is 6.21. The molecule has 0 aliphatic heterocycles. The Bertz CT molecular complexity index is 943. The number of rotatable bonds is 9. The molecule has 2 amide bonds. The summed E-state index contributed by atoms with van der Waals surface area (Å²) < 4.78 is 5.34. The summed E-state index contributed by atoms with van der Waals surface area (Å²) in [6.07, 6.45) is 0.761. The van der Waals surface area contributed by atoms with Crippen molar-refractivity contribution in [2.24, 2.45) is 5.73 Å². The molecule has 0 aromatic heterocycles. The lowest BCUT2D eigenvalue weighted by Gasteiger charge is -2.23. The molecule has 0 aliphatic rings. The predicted octanol–water partition coefficient (Wildman–Crippen LogP) is 3.44. The number of hydrogen-bond donors (Lipinski definition) is 1. The first-order valence-corrected chi connectivity index (χ1v) is 9.50. The van der Waals surface area contributed by atoms with Gasteiger partial charge in [0.05, 0.1) is 0 Å². The van der Waals surface area contributed by atoms with Gasteiger partial charge >= 0.3 is 0 Å². The summed E-state index contributed by atoms with van der Waals surface area (Å²) in [5.41, 5.74) is 7.88. The van der Waals surface area contributed by atoms with Crippen molar-refractivity contribution in [2.45, 2.75) is 13.0 Å². The minimum atomic E-state index is -0.560. The highest BCUT2D eigenvalue weighted by molar-refractivity contribution is 5.94. The Labute approximate surface area is 170 Å². The molecule has 0 saturated carbocycles. The van der Waals surface area contributed by atoms with Gasteiger partial charge in [0.1, 0.15) is 5.75 Å². The summed E-state index contributed by atoms with van der Waals surface area (Å²) in [6.45, 7) is 0.877. The number of ether oxygens (including phenoxy) is 1. The average molecular weight is 388 g/mol. The van der Waals surface area contributed by atoms with Crippen LogP contribution in [0.4, 0.5) is 0 Å². The first-order valence-electron chi connectivity index (χ1n) is 9.50. The second kappa shape index (κ2) is 10.1. The lowest BCUT2D eigenvalue weighted by molar-refractivity contribution is -0.119. The van der Waals surface area contributed by atoms with E-state index in [1.165, 1.54) is 5.56 Å². The van der Waals surface area contributed by atoms with Gasteiger partial charge in [-0.3, -0.25) is 9.59 Å². The van der Waals surface area contributed by atoms with Crippen LogP contribution in [0.25, 0.3) is 0 Å². The summed E-state index contributed by atoms with van der Waals surface area (Å²) in [4.78, 5) is 26.0. The zero-order valence-electron chi connectivity index (χ0n) is 16.2. The van der Waals surface area contributed by atoms with Crippen LogP contribution in [0.5, 0.6) is 5.75 Å². The summed E-state index contributed by atoms with van der Waals surface area (Å²) in [6, 6.07) is 26.8. The average Bonchev–Trinajstić information content (AvgIpc) is 2.76. The normalized spacial score (nSPS) is 10.3. The van der Waals surface area contributed by atoms with Crippen molar-refractivity contribution in [2.75, 3.05) is 13.2 Å². The summed E-state index contributed by atoms with van der Waals surface area (Å²) >= 11 is 0. The van der Waals surface area contributed by atoms with Crippen LogP contribution >= 0.6 is 0 Å². The summed E-state index contributed by atoms with van der Waals surface area (Å²) in [5.74, 6) is -0.207. The Kier molecular flexibility index (Phi) is 7.00. The zero-order chi connectivity index (χ0) is 20.5. The summed E-state index contributed by atoms with van der Waals surface area (Å²) in [7, 11) is 0. The van der Waals surface area contributed by atoms with E-state index in [1.807, 2.05) is 53.4 Å². The van der Waals surface area contributed by atoms with Gasteiger partial charge in [-0.15, -0.1) is 0 Å². The van der Waals surface area contributed by atoms with Crippen molar-refractivity contribution in [1.29, 1.82) is 0 Å². The lowest BCUT2D eigenvalue weighted by Crippen LogP contribution is -2.32. The van der Waals surface area contributed by atoms with E-state index >= 15 is 0 Å². The molecule has 3 rings (SSSR count). The van der Waals surface area contributed by atoms with E-state index in [0.717, 1.165) is 12.0 Å². The second-order valence-corrected chi connectivity index (χ2v) is 6.73. The molecule has 0 bridgehead atoms. The van der Waals surface area contributed by atoms with E-state index in [4.69, 9.17) is 10.5 Å². The standard InChI is InChI=1S/C24H24N2O3/c25-23(27)18-29-22-13-7-12-21(16-22)24(28)26(17-20-10-5-2-6-11-20)15-14-19-8-3-1-4-9-19/h1-13,16H,14-15,17-18H2,(H2,25,27). The highest BCUT2D eigenvalue weighted by Gasteiger charge is 2.17. The number of primary amides is 1. The number of benzene rings is 3. The highest BCUT2D eigenvalue weighted by atomic mass is 16.5. The number of amides is 2. The quantitative estimate of drug-likeness (QED) is 0.610. The van der Waals surface area contributed by atoms with E-state index < -0.39 is 5.91 Å². The van der Waals surface area contributed by atoms with Crippen LogP contribution in [0.3, 0.4) is 0 Å². The fourth-order valence-electron chi connectivity index (χ4n) is 3.02. The largest absolute Gasteiger partial charge is 0.484 e. The fraction of sp³-hybridized carbons (Fsp3) is 0.167. The number of hydrogen-bond acceptors (Lipinski definition) is 3. The highest BCUT2D eigenvalue weighted by Crippen LogP contribution is 2.17. The SMILES string of the molecule is NC(=O)COc1cccc(C(=O)N(CCc2ccccc2)Cc2ccccc2)c1. The maximum atomic E-state index is 13.2. The lowest BCUT2D eigenvalue weighted by atomic mass is 10.1. The van der Waals surface area contributed by atoms with Gasteiger partial charge in [0.2, 0.25) is 0 Å². The van der Waals surface area contributed by atoms with Crippen LogP contribution < -0.4 is 10.5 Å². The van der Waals surface area contributed by atoms with Crippen LogP contribution in [-0.2, 0) is 17.8 Å². The van der Waals surface area contributed by atoms with Gasteiger partial charge in [0.15, 0.2) is 6.61 Å². The maximum absolute atomic E-state index is 13.2. The van der Waals surface area contributed by atoms with Gasteiger partial charge < -0.3 is 15.4 Å². The first kappa shape index (κ1) is 20.1. The van der Waals surface area contributed by atoms with Gasteiger partial charge in [-0.05, 0) is 35.7 Å². The Morgan fingerprint density at radius 2 is 1.48 bits per heavy atom. The Hall–Kier alpha value is -3.60. The predicted molar refractivity (Wildman–Crippen MR) is 112 cm³/mol. The third-order valence-corrected chi connectivity index (χ3v) is 4.48. The zero-order valence-corrected chi connectivity index (χ0v) is 16.2. The second-order valence-electron chi connectivity index (χ2n) is 6.73. The molecule has 0 fully saturated rings. The van der Waals surface area contributed by atoms with Crippen molar-refractivity contribution in [1.82, 2.24) is 4.90 Å². The van der Waals surface area contributed by atoms with Gasteiger partial charge in [-0.1, -0.05) is 66.7 Å². The smallest absolute Gasteiger partial charge is 0.255 e. The number of carbonyl (C=O) groups excluding carboxylic acids is 2. The Morgan fingerprint density at radius 1 is 0.828 bits per heavy atom. The van der Waals surface area contributed by atoms with Crippen molar-refractivity contribution >= 4 is 11.8 Å². The molecule has 0 saturated heterocycles. The molecule has 5 nitrogen and oxygen atoms in total. The maximum Gasteiger partial charge on any atom is 0.255 e. The van der Waals surface area contributed by atoms with Crippen LogP contribution in [0, 0.1) is 0 Å². The first-order chi connectivity index (χ1) is 14.1. The summed E-state index contributed by atoms with van der Waals surface area (Å²) in [5, 5.41) is 0. The Balaban J connectivity index is 1.77. The molecule has 0 atom stereocenters. The number of nitrogens with two attached hydrogens (primary N) is 1. The molecular formula is C24H24N2O3. The van der Waals surface area contributed by atoms with Gasteiger partial charge in [-0.2, -0.15) is 0 Å². The molecule has 2 N–H and O–H groups in total. The number of nitrogens with zero attached hydrogens (tertiary/aromatic N) is 1. The molecule has 0 heterocycles. The third-order valence-electron chi connectivity index (χ3n) is 4.48. The van der Waals surface area contributed by atoms with Crippen molar-refractivity contribution in [3.05, 3.63) is 102 Å². The number of carbonyl (C=O) groups is 2. The van der Waals surface area contributed by atoms with Gasteiger partial charge in [0, 0.05) is 18.7 Å². The van der Waals surface area contributed by atoms with E-state index in [-0.39, 0.29) is 12.5 Å². The molecular weight excluding hydrogens is 364 g/mol. The molecule has 3 aromatic rings. The molecule has 0 radical (unpaired) electrons. The van der Waals surface area contributed by atoms with Crippen LogP contribution in [0.2, 0.25) is 0 Å². The van der Waals surface area contributed by atoms with E-state index in [0.29, 0.717) is 24.4 Å². The molecule has 3 aromatic carbocycles. The van der Waals surface area contributed by atoms with Crippen LogP contribution in [0.1, 0.15) is 21.5 Å². The Morgan fingerprint density at radius 3 is 2.14 bits per heavy atom. The molecule has 148 valence electrons. The molecule has 0 aliphatic carbocycles. The van der Waals surface area contributed by atoms with Crippen molar-refractivity contribution in [3.63, 3.8) is 0 Å². The fourth-order valence-corrected chi connectivity index (χ4v) is 3.02. The van der Waals surface area contributed by atoms with Crippen LogP contribution in [0.15, 0.2) is 84.9 Å². The molecule has 5 heteroatoms. The minimum absolute atomic E-state index is 0.0886. The van der Waals surface area contributed by atoms with Crippen molar-refractivity contribution in [3.8, 4) is 5.75 Å². The topological polar surface area (TPSA) is 72.6 Å².